The van der Waals surface area contributed by atoms with Crippen molar-refractivity contribution in [2.24, 2.45) is 0 Å². The predicted octanol–water partition coefficient (Wildman–Crippen LogP) is 4.16. The molecule has 142 valence electrons. The SMILES string of the molecule is C[C@@H]1CN(CCCNc2cc(C(F)(F)F)nc3ccccc23)C[C@@H](C)O1. The Morgan fingerprint density at radius 1 is 1.19 bits per heavy atom. The number of alkyl halides is 3. The van der Waals surface area contributed by atoms with Crippen LogP contribution < -0.4 is 5.32 Å². The normalized spacial score (nSPS) is 21.9. The molecule has 1 aromatic heterocycles. The topological polar surface area (TPSA) is 37.4 Å². The second-order valence-corrected chi connectivity index (χ2v) is 6.87. The third kappa shape index (κ3) is 4.65. The van der Waals surface area contributed by atoms with Gasteiger partial charge in [-0.25, -0.2) is 4.98 Å². The molecule has 26 heavy (non-hydrogen) atoms. The van der Waals surface area contributed by atoms with Crippen LogP contribution >= 0.6 is 0 Å². The Hall–Kier alpha value is -1.86. The summed E-state index contributed by atoms with van der Waals surface area (Å²) in [5, 5.41) is 3.87. The third-order valence-corrected chi connectivity index (χ3v) is 4.47. The third-order valence-electron chi connectivity index (χ3n) is 4.47. The lowest BCUT2D eigenvalue weighted by molar-refractivity contribution is -0.140. The number of pyridine rings is 1. The van der Waals surface area contributed by atoms with Crippen LogP contribution in [-0.2, 0) is 10.9 Å². The van der Waals surface area contributed by atoms with Crippen LogP contribution in [0, 0.1) is 0 Å². The minimum Gasteiger partial charge on any atom is -0.384 e. The fourth-order valence-electron chi connectivity index (χ4n) is 3.46. The van der Waals surface area contributed by atoms with Crippen LogP contribution in [0.2, 0.25) is 0 Å². The summed E-state index contributed by atoms with van der Waals surface area (Å²) in [5.41, 5.74) is -0.0400. The molecule has 1 aliphatic rings. The van der Waals surface area contributed by atoms with E-state index in [1.807, 2.05) is 0 Å². The number of fused-ring (bicyclic) bond motifs is 1. The molecule has 1 aliphatic heterocycles. The highest BCUT2D eigenvalue weighted by atomic mass is 19.4. The monoisotopic (exact) mass is 367 g/mol. The van der Waals surface area contributed by atoms with Crippen molar-refractivity contribution >= 4 is 16.6 Å². The molecule has 0 unspecified atom stereocenters. The Bertz CT molecular complexity index is 740. The summed E-state index contributed by atoms with van der Waals surface area (Å²) < 4.78 is 45.0. The van der Waals surface area contributed by atoms with Gasteiger partial charge in [-0.1, -0.05) is 18.2 Å². The van der Waals surface area contributed by atoms with Crippen LogP contribution in [0.5, 0.6) is 0 Å². The summed E-state index contributed by atoms with van der Waals surface area (Å²) in [6.45, 7) is 7.39. The average Bonchev–Trinajstić information content (AvgIpc) is 2.56. The molecule has 4 nitrogen and oxygen atoms in total. The van der Waals surface area contributed by atoms with E-state index in [-0.39, 0.29) is 12.2 Å². The summed E-state index contributed by atoms with van der Waals surface area (Å²) in [6, 6.07) is 7.99. The van der Waals surface area contributed by atoms with Gasteiger partial charge in [-0.05, 0) is 32.4 Å². The van der Waals surface area contributed by atoms with Gasteiger partial charge in [0.2, 0.25) is 0 Å². The van der Waals surface area contributed by atoms with E-state index in [1.54, 1.807) is 24.3 Å². The van der Waals surface area contributed by atoms with E-state index in [2.05, 4.69) is 29.0 Å². The van der Waals surface area contributed by atoms with Gasteiger partial charge in [0.25, 0.3) is 0 Å². The predicted molar refractivity (Wildman–Crippen MR) is 96.3 cm³/mol. The lowest BCUT2D eigenvalue weighted by Crippen LogP contribution is -2.45. The highest BCUT2D eigenvalue weighted by molar-refractivity contribution is 5.91. The first-order valence-corrected chi connectivity index (χ1v) is 8.91. The zero-order valence-corrected chi connectivity index (χ0v) is 15.0. The van der Waals surface area contributed by atoms with Gasteiger partial charge in [0, 0.05) is 37.3 Å². The summed E-state index contributed by atoms with van der Waals surface area (Å²) in [6.07, 6.45) is -3.19. The molecule has 0 spiro atoms. The standard InChI is InChI=1S/C19H24F3N3O/c1-13-11-25(12-14(2)26-13)9-5-8-23-17-10-18(19(20,21)22)24-16-7-4-3-6-15(16)17/h3-4,6-7,10,13-14H,5,8-9,11-12H2,1-2H3,(H,23,24)/t13-,14-/m1/s1. The minimum absolute atomic E-state index is 0.213. The van der Waals surface area contributed by atoms with E-state index in [9.17, 15) is 13.2 Å². The van der Waals surface area contributed by atoms with Crippen LogP contribution in [-0.4, -0.2) is 48.3 Å². The molecular formula is C19H24F3N3O. The number of hydrogen-bond donors (Lipinski definition) is 1. The molecule has 0 bridgehead atoms. The largest absolute Gasteiger partial charge is 0.433 e. The smallest absolute Gasteiger partial charge is 0.384 e. The Balaban J connectivity index is 1.65. The van der Waals surface area contributed by atoms with Gasteiger partial charge in [-0.3, -0.25) is 4.90 Å². The van der Waals surface area contributed by atoms with Gasteiger partial charge < -0.3 is 10.1 Å². The van der Waals surface area contributed by atoms with E-state index >= 15 is 0 Å². The number of hydrogen-bond acceptors (Lipinski definition) is 4. The number of halogens is 3. The molecule has 0 saturated carbocycles. The maximum atomic E-state index is 13.1. The second kappa shape index (κ2) is 7.80. The first-order chi connectivity index (χ1) is 12.3. The summed E-state index contributed by atoms with van der Waals surface area (Å²) in [5.74, 6) is 0. The molecule has 2 atom stereocenters. The maximum Gasteiger partial charge on any atom is 0.433 e. The van der Waals surface area contributed by atoms with Crippen molar-refractivity contribution in [3.05, 3.63) is 36.0 Å². The Kier molecular flexibility index (Phi) is 5.67. The minimum atomic E-state index is -4.46. The first-order valence-electron chi connectivity index (χ1n) is 8.91. The van der Waals surface area contributed by atoms with E-state index < -0.39 is 11.9 Å². The second-order valence-electron chi connectivity index (χ2n) is 6.87. The van der Waals surface area contributed by atoms with Crippen molar-refractivity contribution in [2.45, 2.75) is 38.7 Å². The highest BCUT2D eigenvalue weighted by Crippen LogP contribution is 2.32. The molecule has 1 saturated heterocycles. The number of anilines is 1. The van der Waals surface area contributed by atoms with Gasteiger partial charge >= 0.3 is 6.18 Å². The van der Waals surface area contributed by atoms with Crippen molar-refractivity contribution in [1.82, 2.24) is 9.88 Å². The molecule has 0 amide bonds. The van der Waals surface area contributed by atoms with Gasteiger partial charge in [-0.2, -0.15) is 13.2 Å². The lowest BCUT2D eigenvalue weighted by atomic mass is 10.1. The number of nitrogens with one attached hydrogen (secondary N) is 1. The molecule has 1 fully saturated rings. The summed E-state index contributed by atoms with van der Waals surface area (Å²) >= 11 is 0. The average molecular weight is 367 g/mol. The van der Waals surface area contributed by atoms with E-state index in [4.69, 9.17) is 4.74 Å². The fourth-order valence-corrected chi connectivity index (χ4v) is 3.46. The highest BCUT2D eigenvalue weighted by Gasteiger charge is 2.33. The Labute approximate surface area is 151 Å². The van der Waals surface area contributed by atoms with E-state index in [1.165, 1.54) is 0 Å². The van der Waals surface area contributed by atoms with Crippen molar-refractivity contribution in [2.75, 3.05) is 31.5 Å². The van der Waals surface area contributed by atoms with E-state index in [0.717, 1.165) is 32.1 Å². The zero-order valence-electron chi connectivity index (χ0n) is 15.0. The molecule has 1 N–H and O–H groups in total. The van der Waals surface area contributed by atoms with Gasteiger partial charge in [0.05, 0.1) is 17.7 Å². The zero-order chi connectivity index (χ0) is 18.7. The number of benzene rings is 1. The van der Waals surface area contributed by atoms with Crippen LogP contribution in [0.25, 0.3) is 10.9 Å². The van der Waals surface area contributed by atoms with Crippen LogP contribution in [0.1, 0.15) is 26.0 Å². The Morgan fingerprint density at radius 3 is 2.58 bits per heavy atom. The number of para-hydroxylation sites is 1. The lowest BCUT2D eigenvalue weighted by Gasteiger charge is -2.35. The van der Waals surface area contributed by atoms with Crippen molar-refractivity contribution in [3.63, 3.8) is 0 Å². The van der Waals surface area contributed by atoms with Crippen molar-refractivity contribution < 1.29 is 17.9 Å². The number of morpholine rings is 1. The number of nitrogens with zero attached hydrogens (tertiary/aromatic N) is 2. The van der Waals surface area contributed by atoms with Gasteiger partial charge in [0.1, 0.15) is 5.69 Å². The number of rotatable bonds is 5. The molecule has 2 heterocycles. The quantitative estimate of drug-likeness (QED) is 0.805. The molecule has 2 aromatic rings. The van der Waals surface area contributed by atoms with Crippen molar-refractivity contribution in [1.29, 1.82) is 0 Å². The van der Waals surface area contributed by atoms with Gasteiger partial charge in [0.15, 0.2) is 0 Å². The van der Waals surface area contributed by atoms with Crippen LogP contribution in [0.4, 0.5) is 18.9 Å². The van der Waals surface area contributed by atoms with Crippen molar-refractivity contribution in [3.8, 4) is 0 Å². The van der Waals surface area contributed by atoms with Gasteiger partial charge in [-0.15, -0.1) is 0 Å². The maximum absolute atomic E-state index is 13.1. The Morgan fingerprint density at radius 2 is 1.88 bits per heavy atom. The first kappa shape index (κ1) is 18.9. The number of ether oxygens (including phenoxy) is 1. The molecule has 3 rings (SSSR count). The van der Waals surface area contributed by atoms with E-state index in [0.29, 0.717) is 23.1 Å². The molecular weight excluding hydrogens is 343 g/mol. The van der Waals surface area contributed by atoms with Crippen LogP contribution in [0.3, 0.4) is 0 Å². The molecule has 1 aromatic carbocycles. The summed E-state index contributed by atoms with van der Waals surface area (Å²) in [4.78, 5) is 6.08. The summed E-state index contributed by atoms with van der Waals surface area (Å²) in [7, 11) is 0. The number of aromatic nitrogens is 1. The molecule has 0 radical (unpaired) electrons. The van der Waals surface area contributed by atoms with Crippen LogP contribution in [0.15, 0.2) is 30.3 Å². The fraction of sp³-hybridized carbons (Fsp3) is 0.526. The molecule has 0 aliphatic carbocycles. The molecule has 7 heteroatoms.